The van der Waals surface area contributed by atoms with Crippen LogP contribution in [0.4, 0.5) is 23.0 Å². The average molecular weight is 550 g/mol. The largest absolute Gasteiger partial charge is 0.494 e. The zero-order chi connectivity index (χ0) is 27.3. The number of likely N-dealkylation sites (tertiary alicyclic amines) is 1. The van der Waals surface area contributed by atoms with E-state index < -0.39 is 0 Å². The molecular weight excluding hydrogens is 522 g/mol. The third kappa shape index (κ3) is 4.47. The quantitative estimate of drug-likeness (QED) is 0.253. The highest BCUT2D eigenvalue weighted by Gasteiger charge is 2.29. The molecule has 11 nitrogen and oxygen atoms in total. The van der Waals surface area contributed by atoms with E-state index in [1.165, 1.54) is 19.4 Å². The van der Waals surface area contributed by atoms with Gasteiger partial charge in [0.1, 0.15) is 23.8 Å². The average Bonchev–Trinajstić information content (AvgIpc) is 3.54. The number of ether oxygens (including phenoxy) is 2. The Hall–Kier alpha value is -4.09. The van der Waals surface area contributed by atoms with Crippen molar-refractivity contribution in [3.05, 3.63) is 57.9 Å². The minimum absolute atomic E-state index is 0.0291. The summed E-state index contributed by atoms with van der Waals surface area (Å²) in [6.07, 6.45) is 4.47. The van der Waals surface area contributed by atoms with Crippen molar-refractivity contribution in [3.63, 3.8) is 0 Å². The highest BCUT2D eigenvalue weighted by atomic mass is 35.5. The fraction of sp³-hybridized carbons (Fsp3) is 0.333. The van der Waals surface area contributed by atoms with Crippen LogP contribution >= 0.6 is 11.6 Å². The summed E-state index contributed by atoms with van der Waals surface area (Å²) in [7, 11) is 5.47. The van der Waals surface area contributed by atoms with Crippen LogP contribution in [0.2, 0.25) is 5.02 Å². The first kappa shape index (κ1) is 25.2. The summed E-state index contributed by atoms with van der Waals surface area (Å²) in [6, 6.07) is 9.23. The molecule has 12 heteroatoms. The molecule has 1 fully saturated rings. The van der Waals surface area contributed by atoms with Crippen LogP contribution in [0, 0.1) is 10.1 Å². The number of nitro benzene ring substituents is 1. The van der Waals surface area contributed by atoms with Crippen molar-refractivity contribution in [1.29, 1.82) is 0 Å². The van der Waals surface area contributed by atoms with Crippen LogP contribution in [0.15, 0.2) is 42.7 Å². The summed E-state index contributed by atoms with van der Waals surface area (Å²) in [6.45, 7) is 3.09. The van der Waals surface area contributed by atoms with Crippen molar-refractivity contribution in [3.8, 4) is 22.8 Å². The lowest BCUT2D eigenvalue weighted by molar-refractivity contribution is -0.384. The van der Waals surface area contributed by atoms with E-state index in [0.717, 1.165) is 48.3 Å². The molecule has 0 aliphatic carbocycles. The van der Waals surface area contributed by atoms with Crippen molar-refractivity contribution in [2.75, 3.05) is 51.1 Å². The third-order valence-electron chi connectivity index (χ3n) is 7.48. The maximum absolute atomic E-state index is 12.1. The molecule has 202 valence electrons. The first-order valence-electron chi connectivity index (χ1n) is 12.7. The third-order valence-corrected chi connectivity index (χ3v) is 7.76. The molecule has 2 aromatic heterocycles. The fourth-order valence-electron chi connectivity index (χ4n) is 5.48. The number of hydrogen-bond acceptors (Lipinski definition) is 9. The molecule has 2 aliphatic heterocycles. The van der Waals surface area contributed by atoms with Gasteiger partial charge in [-0.1, -0.05) is 23.7 Å². The van der Waals surface area contributed by atoms with Gasteiger partial charge in [0.15, 0.2) is 0 Å². The molecule has 4 heterocycles. The normalized spacial score (nSPS) is 16.8. The van der Waals surface area contributed by atoms with Gasteiger partial charge in [0, 0.05) is 48.9 Å². The Balaban J connectivity index is 1.38. The Morgan fingerprint density at radius 1 is 1.31 bits per heavy atom. The van der Waals surface area contributed by atoms with Gasteiger partial charge in [-0.25, -0.2) is 9.97 Å². The number of para-hydroxylation sites is 1. The number of nitro groups is 1. The number of likely N-dealkylation sites (N-methyl/N-ethyl adjacent to an activating group) is 2. The number of rotatable bonds is 7. The molecule has 1 atom stereocenters. The van der Waals surface area contributed by atoms with E-state index in [4.69, 9.17) is 26.1 Å². The summed E-state index contributed by atoms with van der Waals surface area (Å²) >= 11 is 6.58. The lowest BCUT2D eigenvalue weighted by Crippen LogP contribution is -2.34. The van der Waals surface area contributed by atoms with E-state index in [-0.39, 0.29) is 22.6 Å². The Morgan fingerprint density at radius 3 is 2.90 bits per heavy atom. The lowest BCUT2D eigenvalue weighted by Gasteiger charge is -2.27. The second kappa shape index (κ2) is 9.90. The van der Waals surface area contributed by atoms with Gasteiger partial charge < -0.3 is 29.2 Å². The van der Waals surface area contributed by atoms with Crippen LogP contribution in [-0.2, 0) is 6.54 Å². The Morgan fingerprint density at radius 2 is 2.15 bits per heavy atom. The predicted molar refractivity (Wildman–Crippen MR) is 151 cm³/mol. The van der Waals surface area contributed by atoms with Gasteiger partial charge >= 0.3 is 0 Å². The van der Waals surface area contributed by atoms with E-state index >= 15 is 0 Å². The van der Waals surface area contributed by atoms with Crippen molar-refractivity contribution in [2.24, 2.45) is 0 Å². The van der Waals surface area contributed by atoms with Gasteiger partial charge in [0.05, 0.1) is 46.7 Å². The second-order valence-corrected chi connectivity index (χ2v) is 10.3. The van der Waals surface area contributed by atoms with Gasteiger partial charge in [-0.3, -0.25) is 10.1 Å². The lowest BCUT2D eigenvalue weighted by atomic mass is 10.1. The zero-order valence-electron chi connectivity index (χ0n) is 21.8. The van der Waals surface area contributed by atoms with Crippen LogP contribution < -0.4 is 19.7 Å². The summed E-state index contributed by atoms with van der Waals surface area (Å²) < 4.78 is 13.6. The van der Waals surface area contributed by atoms with Gasteiger partial charge in [0.2, 0.25) is 5.95 Å². The van der Waals surface area contributed by atoms with E-state index in [0.29, 0.717) is 34.4 Å². The van der Waals surface area contributed by atoms with Gasteiger partial charge in [-0.15, -0.1) is 0 Å². The molecule has 1 unspecified atom stereocenters. The summed E-state index contributed by atoms with van der Waals surface area (Å²) in [5, 5.41) is 16.6. The summed E-state index contributed by atoms with van der Waals surface area (Å²) in [5.41, 5.74) is 3.24. The first-order chi connectivity index (χ1) is 18.8. The van der Waals surface area contributed by atoms with Gasteiger partial charge in [-0.05, 0) is 26.1 Å². The molecule has 0 amide bonds. The number of nitrogens with one attached hydrogen (secondary N) is 1. The standard InChI is InChI=1S/C27H28ClN7O4/c1-32-8-7-16(14-32)33(2)21-12-24(38-3)20(11-22(21)35(36)37)30-27-29-13-19(28)25(31-27)18-15-34-9-10-39-23-6-4-5-17(18)26(23)34/h4-6,11-13,15-16H,7-10,14H2,1-3H3,(H,29,30,31). The van der Waals surface area contributed by atoms with Crippen molar-refractivity contribution in [1.82, 2.24) is 19.4 Å². The minimum Gasteiger partial charge on any atom is -0.494 e. The molecule has 0 bridgehead atoms. The molecule has 39 heavy (non-hydrogen) atoms. The molecule has 6 rings (SSSR count). The molecule has 0 radical (unpaired) electrons. The van der Waals surface area contributed by atoms with E-state index in [2.05, 4.69) is 19.8 Å². The topological polar surface area (TPSA) is 111 Å². The monoisotopic (exact) mass is 549 g/mol. The number of halogens is 1. The van der Waals surface area contributed by atoms with E-state index in [9.17, 15) is 10.1 Å². The number of anilines is 3. The Bertz CT molecular complexity index is 1590. The van der Waals surface area contributed by atoms with Crippen molar-refractivity contribution in [2.45, 2.75) is 19.0 Å². The molecule has 0 spiro atoms. The Kier molecular flexibility index (Phi) is 6.40. The zero-order valence-corrected chi connectivity index (χ0v) is 22.6. The number of benzene rings is 2. The fourth-order valence-corrected chi connectivity index (χ4v) is 5.67. The smallest absolute Gasteiger partial charge is 0.294 e. The van der Waals surface area contributed by atoms with Crippen molar-refractivity contribution < 1.29 is 14.4 Å². The highest BCUT2D eigenvalue weighted by molar-refractivity contribution is 6.33. The van der Waals surface area contributed by atoms with Crippen molar-refractivity contribution >= 4 is 45.5 Å². The molecule has 4 aromatic rings. The first-order valence-corrected chi connectivity index (χ1v) is 13.0. The maximum Gasteiger partial charge on any atom is 0.294 e. The maximum atomic E-state index is 12.1. The SMILES string of the molecule is COc1cc(N(C)C2CCN(C)C2)c([N+](=O)[O-])cc1Nc1ncc(Cl)c(-c2cn3c4c(cccc24)OCC3)n1. The summed E-state index contributed by atoms with van der Waals surface area (Å²) in [4.78, 5) is 25.0. The molecule has 0 saturated carbocycles. The second-order valence-electron chi connectivity index (χ2n) is 9.87. The van der Waals surface area contributed by atoms with E-state index in [1.807, 2.05) is 43.4 Å². The molecule has 2 aliphatic rings. The van der Waals surface area contributed by atoms with Crippen LogP contribution in [-0.4, -0.2) is 71.3 Å². The molecular formula is C27H28ClN7O4. The minimum atomic E-state index is -0.376. The Labute approximate surface area is 230 Å². The number of methoxy groups -OCH3 is 1. The molecule has 2 aromatic carbocycles. The van der Waals surface area contributed by atoms with Crippen LogP contribution in [0.1, 0.15) is 6.42 Å². The van der Waals surface area contributed by atoms with Gasteiger partial charge in [0.25, 0.3) is 5.69 Å². The number of aromatic nitrogens is 3. The summed E-state index contributed by atoms with van der Waals surface area (Å²) in [5.74, 6) is 1.50. The molecule has 1 saturated heterocycles. The highest BCUT2D eigenvalue weighted by Crippen LogP contribution is 2.42. The van der Waals surface area contributed by atoms with Crippen LogP contribution in [0.25, 0.3) is 22.2 Å². The van der Waals surface area contributed by atoms with Gasteiger partial charge in [-0.2, -0.15) is 0 Å². The predicted octanol–water partition coefficient (Wildman–Crippen LogP) is 4.94. The van der Waals surface area contributed by atoms with Crippen LogP contribution in [0.3, 0.4) is 0 Å². The molecule has 1 N–H and O–H groups in total. The number of hydrogen-bond donors (Lipinski definition) is 1. The van der Waals surface area contributed by atoms with Crippen LogP contribution in [0.5, 0.6) is 11.5 Å². The van der Waals surface area contributed by atoms with E-state index in [1.54, 1.807) is 6.07 Å². The number of nitrogens with zero attached hydrogens (tertiary/aromatic N) is 6.